The van der Waals surface area contributed by atoms with Crippen molar-refractivity contribution in [2.24, 2.45) is 0 Å². The Hall–Kier alpha value is -0.760. The van der Waals surface area contributed by atoms with E-state index < -0.39 is 7.80 Å². The quantitative estimate of drug-likeness (QED) is 0.0650. The maximum atomic E-state index is 12.4. The van der Waals surface area contributed by atoms with Crippen LogP contribution in [-0.4, -0.2) is 49.6 Å². The number of hydrogen-bond donors (Lipinski definition) is 1. The fourth-order valence-corrected chi connectivity index (χ4v) is 8.18. The van der Waals surface area contributed by atoms with Gasteiger partial charge in [0.25, 0.3) is 0 Å². The summed E-state index contributed by atoms with van der Waals surface area (Å²) in [5.41, 5.74) is 7.15. The zero-order valence-electron chi connectivity index (χ0n) is 24.6. The lowest BCUT2D eigenvalue weighted by molar-refractivity contribution is 0.0880. The molecular formula is C29H54N5O2PS2. The smallest absolute Gasteiger partial charge is 0.165 e. The van der Waals surface area contributed by atoms with Gasteiger partial charge in [-0.3, -0.25) is 0 Å². The number of unbranched alkanes of at least 4 members (excludes halogenated alkanes) is 14. The molecule has 2 N–H and O–H groups in total. The van der Waals surface area contributed by atoms with Gasteiger partial charge in [-0.05, 0) is 26.2 Å². The van der Waals surface area contributed by atoms with Gasteiger partial charge in [-0.25, -0.2) is 15.0 Å². The SMILES string of the molecule is CCCCCCCCCCCCCCCCSSCCCC[PH](=O)CO[C@H](C)Cn1cnc2c(N)ncnc21. The van der Waals surface area contributed by atoms with Crippen LogP contribution < -0.4 is 5.73 Å². The highest BCUT2D eigenvalue weighted by molar-refractivity contribution is 8.76. The Balaban J connectivity index is 1.32. The second kappa shape index (κ2) is 22.9. The predicted molar refractivity (Wildman–Crippen MR) is 173 cm³/mol. The van der Waals surface area contributed by atoms with E-state index in [0.717, 1.165) is 24.8 Å². The van der Waals surface area contributed by atoms with Crippen molar-refractivity contribution in [2.75, 3.05) is 29.7 Å². The van der Waals surface area contributed by atoms with Gasteiger partial charge in [-0.15, -0.1) is 0 Å². The van der Waals surface area contributed by atoms with E-state index >= 15 is 0 Å². The number of nitrogens with zero attached hydrogens (tertiary/aromatic N) is 4. The molecule has 0 aliphatic carbocycles. The van der Waals surface area contributed by atoms with E-state index in [1.54, 1.807) is 6.33 Å². The van der Waals surface area contributed by atoms with Crippen LogP contribution in [0, 0.1) is 0 Å². The first-order valence-electron chi connectivity index (χ1n) is 15.4. The van der Waals surface area contributed by atoms with Gasteiger partial charge in [-0.1, -0.05) is 112 Å². The van der Waals surface area contributed by atoms with Gasteiger partial charge in [0, 0.05) is 17.7 Å². The summed E-state index contributed by atoms with van der Waals surface area (Å²) in [5.74, 6) is 2.79. The zero-order valence-corrected chi connectivity index (χ0v) is 27.2. The van der Waals surface area contributed by atoms with Crippen molar-refractivity contribution in [1.29, 1.82) is 0 Å². The molecule has 10 heteroatoms. The molecule has 0 bridgehead atoms. The number of ether oxygens (including phenoxy) is 1. The van der Waals surface area contributed by atoms with Crippen molar-refractivity contribution in [3.8, 4) is 0 Å². The predicted octanol–water partition coefficient (Wildman–Crippen LogP) is 8.97. The number of nitrogen functional groups attached to an aromatic ring is 1. The van der Waals surface area contributed by atoms with E-state index in [1.807, 2.05) is 33.1 Å². The third-order valence-corrected chi connectivity index (χ3v) is 11.0. The number of imidazole rings is 1. The molecule has 0 aromatic carbocycles. The first kappa shape index (κ1) is 34.4. The normalized spacial score (nSPS) is 13.3. The van der Waals surface area contributed by atoms with Crippen LogP contribution in [-0.2, 0) is 15.8 Å². The Morgan fingerprint density at radius 3 is 2.03 bits per heavy atom. The van der Waals surface area contributed by atoms with E-state index in [9.17, 15) is 4.57 Å². The topological polar surface area (TPSA) is 95.9 Å². The Kier molecular flexibility index (Phi) is 20.2. The molecule has 0 spiro atoms. The fraction of sp³-hybridized carbons (Fsp3) is 0.828. The monoisotopic (exact) mass is 599 g/mol. The third-order valence-electron chi connectivity index (χ3n) is 7.01. The van der Waals surface area contributed by atoms with Crippen LogP contribution in [0.15, 0.2) is 12.7 Å². The van der Waals surface area contributed by atoms with Gasteiger partial charge in [0.1, 0.15) is 19.6 Å². The Bertz CT molecular complexity index is 902. The molecule has 7 nitrogen and oxygen atoms in total. The highest BCUT2D eigenvalue weighted by atomic mass is 33.1. The fourth-order valence-electron chi connectivity index (χ4n) is 4.63. The number of rotatable bonds is 26. The Morgan fingerprint density at radius 1 is 0.846 bits per heavy atom. The summed E-state index contributed by atoms with van der Waals surface area (Å²) in [6.07, 6.45) is 26.2. The molecule has 1 unspecified atom stereocenters. The van der Waals surface area contributed by atoms with E-state index in [1.165, 1.54) is 102 Å². The highest BCUT2D eigenvalue weighted by Gasteiger charge is 2.12. The molecule has 0 fully saturated rings. The summed E-state index contributed by atoms with van der Waals surface area (Å²) in [7, 11) is 2.30. The van der Waals surface area contributed by atoms with Crippen LogP contribution in [0.1, 0.15) is 117 Å². The summed E-state index contributed by atoms with van der Waals surface area (Å²) in [6.45, 7) is 4.86. The molecule has 0 radical (unpaired) electrons. The lowest BCUT2D eigenvalue weighted by atomic mass is 10.0. The van der Waals surface area contributed by atoms with Crippen molar-refractivity contribution in [3.05, 3.63) is 12.7 Å². The van der Waals surface area contributed by atoms with Crippen LogP contribution >= 0.6 is 29.4 Å². The molecular weight excluding hydrogens is 545 g/mol. The number of aromatic nitrogens is 4. The summed E-state index contributed by atoms with van der Waals surface area (Å²) in [5, 5.41) is 0. The van der Waals surface area contributed by atoms with E-state index in [4.69, 9.17) is 10.5 Å². The lowest BCUT2D eigenvalue weighted by Gasteiger charge is -2.14. The van der Waals surface area contributed by atoms with Crippen molar-refractivity contribution in [3.63, 3.8) is 0 Å². The van der Waals surface area contributed by atoms with Gasteiger partial charge in [0.2, 0.25) is 0 Å². The number of fused-ring (bicyclic) bond motifs is 1. The molecule has 0 saturated heterocycles. The Morgan fingerprint density at radius 2 is 1.41 bits per heavy atom. The molecule has 2 aromatic heterocycles. The van der Waals surface area contributed by atoms with Gasteiger partial charge in [-0.2, -0.15) is 0 Å². The second-order valence-electron chi connectivity index (χ2n) is 10.7. The standard InChI is InChI=1S/C29H54N5O2PS2/c1-3-4-5-6-7-8-9-10-11-12-13-14-15-17-20-38-39-21-18-16-19-37(35)25-36-26(2)22-34-24-33-27-28(30)31-23-32-29(27)34/h23-24,26,37H,3-22,25H2,1-2H3,(H2,30,31,32)/t26-/m1/s1. The van der Waals surface area contributed by atoms with Gasteiger partial charge in [0.15, 0.2) is 11.5 Å². The number of anilines is 1. The highest BCUT2D eigenvalue weighted by Crippen LogP contribution is 2.27. The maximum absolute atomic E-state index is 12.4. The molecule has 2 rings (SSSR count). The van der Waals surface area contributed by atoms with Crippen LogP contribution in [0.3, 0.4) is 0 Å². The van der Waals surface area contributed by atoms with Crippen LogP contribution in [0.25, 0.3) is 11.2 Å². The number of nitrogens with two attached hydrogens (primary N) is 1. The summed E-state index contributed by atoms with van der Waals surface area (Å²) in [6, 6.07) is 0. The largest absolute Gasteiger partial charge is 0.382 e. The van der Waals surface area contributed by atoms with E-state index in [2.05, 4.69) is 21.9 Å². The zero-order chi connectivity index (χ0) is 28.0. The first-order chi connectivity index (χ1) is 19.1. The average molecular weight is 600 g/mol. The number of hydrogen-bond acceptors (Lipinski definition) is 8. The van der Waals surface area contributed by atoms with Crippen molar-refractivity contribution < 1.29 is 9.30 Å². The van der Waals surface area contributed by atoms with Crippen molar-refractivity contribution in [1.82, 2.24) is 19.5 Å². The summed E-state index contributed by atoms with van der Waals surface area (Å²) >= 11 is 0. The molecule has 0 aliphatic rings. The summed E-state index contributed by atoms with van der Waals surface area (Å²) < 4.78 is 20.1. The molecule has 0 amide bonds. The van der Waals surface area contributed by atoms with Crippen molar-refractivity contribution in [2.45, 2.75) is 129 Å². The van der Waals surface area contributed by atoms with Crippen molar-refractivity contribution >= 4 is 46.4 Å². The molecule has 2 atom stereocenters. The van der Waals surface area contributed by atoms with E-state index in [-0.39, 0.29) is 6.10 Å². The molecule has 224 valence electrons. The molecule has 2 aromatic rings. The van der Waals surface area contributed by atoms with Crippen LogP contribution in [0.5, 0.6) is 0 Å². The summed E-state index contributed by atoms with van der Waals surface area (Å²) in [4.78, 5) is 12.5. The molecule has 0 aliphatic heterocycles. The minimum Gasteiger partial charge on any atom is -0.382 e. The van der Waals surface area contributed by atoms with Gasteiger partial charge >= 0.3 is 0 Å². The second-order valence-corrected chi connectivity index (χ2v) is 15.3. The molecule has 39 heavy (non-hydrogen) atoms. The van der Waals surface area contributed by atoms with Crippen LogP contribution in [0.2, 0.25) is 0 Å². The first-order valence-corrected chi connectivity index (χ1v) is 19.7. The lowest BCUT2D eigenvalue weighted by Crippen LogP contribution is -2.16. The molecule has 0 saturated carbocycles. The van der Waals surface area contributed by atoms with Crippen LogP contribution in [0.4, 0.5) is 5.82 Å². The average Bonchev–Trinajstić information content (AvgIpc) is 3.34. The maximum Gasteiger partial charge on any atom is 0.165 e. The molecule has 2 heterocycles. The third kappa shape index (κ3) is 16.3. The Labute approximate surface area is 246 Å². The van der Waals surface area contributed by atoms with Gasteiger partial charge < -0.3 is 19.6 Å². The van der Waals surface area contributed by atoms with E-state index in [0.29, 0.717) is 29.9 Å². The van der Waals surface area contributed by atoms with Gasteiger partial charge in [0.05, 0.1) is 25.3 Å². The minimum absolute atomic E-state index is 0.0746. The minimum atomic E-state index is -1.69.